The predicted octanol–water partition coefficient (Wildman–Crippen LogP) is 10.7. The molecule has 0 fully saturated rings. The maximum atomic E-state index is 2.50. The van der Waals surface area contributed by atoms with Crippen molar-refractivity contribution in [1.82, 2.24) is 4.57 Å². The number of hydrogen-bond donors (Lipinski definition) is 0. The molecule has 0 aliphatic rings. The molecule has 0 aliphatic carbocycles. The minimum atomic E-state index is 1.24. The summed E-state index contributed by atoms with van der Waals surface area (Å²) >= 11 is 3.85. The molecule has 3 heterocycles. The highest BCUT2D eigenvalue weighted by atomic mass is 32.1. The van der Waals surface area contributed by atoms with Crippen molar-refractivity contribution in [3.05, 3.63) is 115 Å². The van der Waals surface area contributed by atoms with E-state index in [4.69, 9.17) is 0 Å². The van der Waals surface area contributed by atoms with Crippen molar-refractivity contribution in [2.45, 2.75) is 0 Å². The second-order valence-electron chi connectivity index (χ2n) is 9.70. The summed E-state index contributed by atoms with van der Waals surface area (Å²) in [6, 6.07) is 42.4. The van der Waals surface area contributed by atoms with Crippen molar-refractivity contribution >= 4 is 95.6 Å². The molecule has 37 heavy (non-hydrogen) atoms. The summed E-state index contributed by atoms with van der Waals surface area (Å²) in [4.78, 5) is 0. The van der Waals surface area contributed by atoms with Crippen LogP contribution in [0.5, 0.6) is 0 Å². The fourth-order valence-electron chi connectivity index (χ4n) is 6.21. The van der Waals surface area contributed by atoms with Gasteiger partial charge in [-0.05, 0) is 35.7 Å². The molecule has 3 aromatic heterocycles. The van der Waals surface area contributed by atoms with Crippen molar-refractivity contribution in [3.63, 3.8) is 0 Å². The molecule has 0 amide bonds. The fourth-order valence-corrected chi connectivity index (χ4v) is 8.71. The van der Waals surface area contributed by atoms with E-state index in [9.17, 15) is 0 Å². The first-order valence-corrected chi connectivity index (χ1v) is 14.2. The lowest BCUT2D eigenvalue weighted by molar-refractivity contribution is 1.20. The molecule has 3 heteroatoms. The van der Waals surface area contributed by atoms with Gasteiger partial charge in [0.25, 0.3) is 0 Å². The molecule has 6 aromatic carbocycles. The van der Waals surface area contributed by atoms with Crippen LogP contribution in [0.4, 0.5) is 0 Å². The smallest absolute Gasteiger partial charge is 0.0556 e. The molecule has 0 saturated carbocycles. The van der Waals surface area contributed by atoms with Crippen LogP contribution < -0.4 is 0 Å². The van der Waals surface area contributed by atoms with Crippen molar-refractivity contribution in [2.75, 3.05) is 0 Å². The van der Waals surface area contributed by atoms with Gasteiger partial charge in [0.1, 0.15) is 0 Å². The Kier molecular flexibility index (Phi) is 3.88. The van der Waals surface area contributed by atoms with Crippen LogP contribution in [0.25, 0.3) is 78.6 Å². The van der Waals surface area contributed by atoms with E-state index in [-0.39, 0.29) is 0 Å². The van der Waals surface area contributed by atoms with Crippen molar-refractivity contribution in [1.29, 1.82) is 0 Å². The summed E-state index contributed by atoms with van der Waals surface area (Å²) < 4.78 is 7.96. The van der Waals surface area contributed by atoms with Crippen LogP contribution in [-0.2, 0) is 0 Å². The van der Waals surface area contributed by atoms with Crippen molar-refractivity contribution < 1.29 is 0 Å². The molecule has 0 N–H and O–H groups in total. The maximum absolute atomic E-state index is 2.50. The summed E-state index contributed by atoms with van der Waals surface area (Å²) in [7, 11) is 0. The molecule has 0 saturated heterocycles. The van der Waals surface area contributed by atoms with E-state index >= 15 is 0 Å². The van der Waals surface area contributed by atoms with Gasteiger partial charge >= 0.3 is 0 Å². The second kappa shape index (κ2) is 7.19. The number of fused-ring (bicyclic) bond motifs is 12. The Hall–Kier alpha value is -4.18. The molecule has 0 atom stereocenters. The van der Waals surface area contributed by atoms with Gasteiger partial charge < -0.3 is 4.57 Å². The fraction of sp³-hybridized carbons (Fsp3) is 0. The summed E-state index contributed by atoms with van der Waals surface area (Å²) in [6.45, 7) is 0. The Morgan fingerprint density at radius 3 is 1.54 bits per heavy atom. The number of benzene rings is 6. The first-order chi connectivity index (χ1) is 18.4. The van der Waals surface area contributed by atoms with Crippen LogP contribution in [0.3, 0.4) is 0 Å². The maximum Gasteiger partial charge on any atom is 0.0556 e. The number of nitrogens with zero attached hydrogens (tertiary/aromatic N) is 1. The van der Waals surface area contributed by atoms with E-state index in [1.807, 2.05) is 22.7 Å². The SMILES string of the molecule is c1ccc2c(-n3c4ccc5c6ccccc6sc5c4c4c5sc6ccccc6c5ccc43)cccc2c1. The third kappa shape index (κ3) is 2.58. The summed E-state index contributed by atoms with van der Waals surface area (Å²) in [5, 5.41) is 10.7. The lowest BCUT2D eigenvalue weighted by Crippen LogP contribution is -1.95. The second-order valence-corrected chi connectivity index (χ2v) is 11.8. The minimum absolute atomic E-state index is 1.24. The average Bonchev–Trinajstić information content (AvgIpc) is 3.61. The largest absolute Gasteiger partial charge is 0.309 e. The van der Waals surface area contributed by atoms with E-state index in [0.717, 1.165) is 0 Å². The predicted molar refractivity (Wildman–Crippen MR) is 164 cm³/mol. The normalized spacial score (nSPS) is 12.3. The molecule has 0 unspecified atom stereocenters. The van der Waals surface area contributed by atoms with Gasteiger partial charge in [-0.25, -0.2) is 0 Å². The molecule has 9 rings (SSSR count). The number of thiophene rings is 2. The average molecular weight is 506 g/mol. The highest BCUT2D eigenvalue weighted by Crippen LogP contribution is 2.48. The van der Waals surface area contributed by atoms with E-state index < -0.39 is 0 Å². The Bertz CT molecular complexity index is 2230. The standard InChI is InChI=1S/C34H19NS2/c1-2-10-21-20(8-1)9-7-13-26(21)35-27-18-16-24-22-11-3-5-14-29(22)36-33(24)31(27)32-28(35)19-17-25-23-12-4-6-15-30(23)37-34(25)32/h1-19H. The third-order valence-electron chi connectivity index (χ3n) is 7.79. The lowest BCUT2D eigenvalue weighted by Gasteiger charge is -2.11. The van der Waals surface area contributed by atoms with E-state index in [1.54, 1.807) is 0 Å². The molecule has 1 nitrogen and oxygen atoms in total. The van der Waals surface area contributed by atoms with Gasteiger partial charge in [-0.2, -0.15) is 0 Å². The van der Waals surface area contributed by atoms with Crippen LogP contribution in [-0.4, -0.2) is 4.57 Å². The van der Waals surface area contributed by atoms with Gasteiger partial charge in [0.05, 0.1) is 16.7 Å². The molecule has 0 aliphatic heterocycles. The van der Waals surface area contributed by atoms with Crippen molar-refractivity contribution in [2.24, 2.45) is 0 Å². The Labute approximate surface area is 220 Å². The summed E-state index contributed by atoms with van der Waals surface area (Å²) in [6.07, 6.45) is 0. The van der Waals surface area contributed by atoms with E-state index in [0.29, 0.717) is 0 Å². The Morgan fingerprint density at radius 1 is 0.405 bits per heavy atom. The third-order valence-corrected chi connectivity index (χ3v) is 10.2. The Morgan fingerprint density at radius 2 is 0.919 bits per heavy atom. The van der Waals surface area contributed by atoms with Crippen LogP contribution in [0.2, 0.25) is 0 Å². The molecule has 0 bridgehead atoms. The van der Waals surface area contributed by atoms with Crippen LogP contribution in [0.15, 0.2) is 115 Å². The summed E-state index contributed by atoms with van der Waals surface area (Å²) in [5.74, 6) is 0. The first-order valence-electron chi connectivity index (χ1n) is 12.5. The highest BCUT2D eigenvalue weighted by molar-refractivity contribution is 7.28. The molecular weight excluding hydrogens is 487 g/mol. The van der Waals surface area contributed by atoms with Gasteiger partial charge in [-0.15, -0.1) is 22.7 Å². The number of aromatic nitrogens is 1. The molecule has 0 radical (unpaired) electrons. The van der Waals surface area contributed by atoms with Crippen LogP contribution >= 0.6 is 22.7 Å². The molecule has 0 spiro atoms. The quantitative estimate of drug-likeness (QED) is 0.209. The number of rotatable bonds is 1. The zero-order chi connectivity index (χ0) is 24.1. The molecular formula is C34H19NS2. The zero-order valence-electron chi connectivity index (χ0n) is 19.7. The van der Waals surface area contributed by atoms with Gasteiger partial charge in [0.2, 0.25) is 0 Å². The van der Waals surface area contributed by atoms with Gasteiger partial charge in [-0.1, -0.05) is 84.9 Å². The van der Waals surface area contributed by atoms with Crippen molar-refractivity contribution in [3.8, 4) is 5.69 Å². The van der Waals surface area contributed by atoms with Gasteiger partial charge in [0, 0.05) is 56.5 Å². The number of hydrogen-bond acceptors (Lipinski definition) is 2. The molecule has 172 valence electrons. The Balaban J connectivity index is 1.58. The minimum Gasteiger partial charge on any atom is -0.309 e. The first kappa shape index (κ1) is 19.9. The van der Waals surface area contributed by atoms with Gasteiger partial charge in [0.15, 0.2) is 0 Å². The topological polar surface area (TPSA) is 4.93 Å². The van der Waals surface area contributed by atoms with Gasteiger partial charge in [-0.3, -0.25) is 0 Å². The van der Waals surface area contributed by atoms with Crippen LogP contribution in [0, 0.1) is 0 Å². The zero-order valence-corrected chi connectivity index (χ0v) is 21.4. The summed E-state index contributed by atoms with van der Waals surface area (Å²) in [5.41, 5.74) is 3.78. The van der Waals surface area contributed by atoms with E-state index in [1.165, 1.54) is 78.6 Å². The highest BCUT2D eigenvalue weighted by Gasteiger charge is 2.21. The van der Waals surface area contributed by atoms with E-state index in [2.05, 4.69) is 120 Å². The van der Waals surface area contributed by atoms with Crippen LogP contribution in [0.1, 0.15) is 0 Å². The monoisotopic (exact) mass is 505 g/mol. The lowest BCUT2D eigenvalue weighted by atomic mass is 10.1. The molecule has 9 aromatic rings.